The molecule has 2 saturated heterocycles. The maximum atomic E-state index is 12.8. The second-order valence-electron chi connectivity index (χ2n) is 7.18. The Morgan fingerprint density at radius 1 is 0.778 bits per heavy atom. The molecule has 0 N–H and O–H groups in total. The molecule has 2 aliphatic rings. The number of hydrogen-bond acceptors (Lipinski definition) is 6. The molecule has 0 aliphatic carbocycles. The van der Waals surface area contributed by atoms with Crippen molar-refractivity contribution >= 4 is 17.4 Å². The van der Waals surface area contributed by atoms with E-state index in [1.807, 2.05) is 35.2 Å². The van der Waals surface area contributed by atoms with Gasteiger partial charge in [-0.3, -0.25) is 4.79 Å². The fraction of sp³-hybridized carbons (Fsp3) is 0.450. The Morgan fingerprint density at radius 3 is 2.07 bits per heavy atom. The number of benzene rings is 1. The maximum Gasteiger partial charge on any atom is 0.274 e. The lowest BCUT2D eigenvalue weighted by Crippen LogP contribution is -2.49. The molecule has 2 aliphatic heterocycles. The zero-order chi connectivity index (χ0) is 18.6. The lowest BCUT2D eigenvalue weighted by Gasteiger charge is -2.36. The Kier molecular flexibility index (Phi) is 5.20. The van der Waals surface area contributed by atoms with Crippen LogP contribution in [0, 0.1) is 0 Å². The minimum atomic E-state index is -0.0276. The van der Waals surface area contributed by atoms with E-state index in [-0.39, 0.29) is 5.91 Å². The highest BCUT2D eigenvalue weighted by atomic mass is 16.2. The van der Waals surface area contributed by atoms with Gasteiger partial charge in [0.15, 0.2) is 11.5 Å². The monoisotopic (exact) mass is 366 g/mol. The Bertz CT molecular complexity index is 750. The summed E-state index contributed by atoms with van der Waals surface area (Å²) in [4.78, 5) is 21.5. The van der Waals surface area contributed by atoms with Crippen LogP contribution in [0.15, 0.2) is 42.5 Å². The van der Waals surface area contributed by atoms with Gasteiger partial charge in [0, 0.05) is 58.0 Å². The topological polar surface area (TPSA) is 55.8 Å². The van der Waals surface area contributed by atoms with E-state index >= 15 is 0 Å². The number of likely N-dealkylation sites (N-methyl/N-ethyl adjacent to an activating group) is 1. The van der Waals surface area contributed by atoms with Crippen molar-refractivity contribution in [2.24, 2.45) is 0 Å². The summed E-state index contributed by atoms with van der Waals surface area (Å²) in [6, 6.07) is 14.1. The summed E-state index contributed by atoms with van der Waals surface area (Å²) in [7, 11) is 2.13. The molecule has 7 heteroatoms. The van der Waals surface area contributed by atoms with E-state index in [4.69, 9.17) is 0 Å². The summed E-state index contributed by atoms with van der Waals surface area (Å²) in [6.45, 7) is 7.01. The van der Waals surface area contributed by atoms with Gasteiger partial charge < -0.3 is 19.6 Å². The van der Waals surface area contributed by atoms with Crippen LogP contribution in [0.2, 0.25) is 0 Å². The van der Waals surface area contributed by atoms with Crippen LogP contribution in [0.3, 0.4) is 0 Å². The van der Waals surface area contributed by atoms with Crippen molar-refractivity contribution in [1.29, 1.82) is 0 Å². The van der Waals surface area contributed by atoms with Gasteiger partial charge in [0.05, 0.1) is 0 Å². The number of aromatic nitrogens is 2. The molecular weight excluding hydrogens is 340 g/mol. The van der Waals surface area contributed by atoms with Gasteiger partial charge in [0.1, 0.15) is 0 Å². The number of para-hydroxylation sites is 1. The highest BCUT2D eigenvalue weighted by Gasteiger charge is 2.24. The van der Waals surface area contributed by atoms with E-state index in [1.165, 1.54) is 5.69 Å². The third-order valence-electron chi connectivity index (χ3n) is 5.39. The fourth-order valence-corrected chi connectivity index (χ4v) is 3.61. The zero-order valence-electron chi connectivity index (χ0n) is 15.8. The number of piperazine rings is 2. The molecule has 4 rings (SSSR count). The second-order valence-corrected chi connectivity index (χ2v) is 7.18. The number of carbonyl (C=O) groups is 1. The number of carbonyl (C=O) groups excluding carboxylic acids is 1. The van der Waals surface area contributed by atoms with Crippen LogP contribution < -0.4 is 9.80 Å². The molecule has 2 fully saturated rings. The van der Waals surface area contributed by atoms with Crippen molar-refractivity contribution in [2.45, 2.75) is 0 Å². The average Bonchev–Trinajstić information content (AvgIpc) is 2.75. The highest BCUT2D eigenvalue weighted by molar-refractivity contribution is 5.92. The van der Waals surface area contributed by atoms with Gasteiger partial charge in [-0.1, -0.05) is 18.2 Å². The summed E-state index contributed by atoms with van der Waals surface area (Å²) in [6.07, 6.45) is 0. The van der Waals surface area contributed by atoms with Crippen molar-refractivity contribution in [3.05, 3.63) is 48.2 Å². The number of rotatable bonds is 3. The van der Waals surface area contributed by atoms with Gasteiger partial charge in [-0.05, 0) is 31.3 Å². The first-order chi connectivity index (χ1) is 13.2. The van der Waals surface area contributed by atoms with Crippen molar-refractivity contribution < 1.29 is 4.79 Å². The van der Waals surface area contributed by atoms with Crippen LogP contribution in [0.5, 0.6) is 0 Å². The van der Waals surface area contributed by atoms with Crippen LogP contribution in [-0.2, 0) is 0 Å². The predicted molar refractivity (Wildman–Crippen MR) is 106 cm³/mol. The molecule has 3 heterocycles. The van der Waals surface area contributed by atoms with Gasteiger partial charge in [0.2, 0.25) is 0 Å². The van der Waals surface area contributed by atoms with E-state index < -0.39 is 0 Å². The molecule has 0 bridgehead atoms. The number of amides is 1. The molecule has 0 radical (unpaired) electrons. The lowest BCUT2D eigenvalue weighted by molar-refractivity contribution is 0.0739. The highest BCUT2D eigenvalue weighted by Crippen LogP contribution is 2.17. The van der Waals surface area contributed by atoms with E-state index in [1.54, 1.807) is 0 Å². The molecule has 0 spiro atoms. The van der Waals surface area contributed by atoms with Crippen molar-refractivity contribution in [1.82, 2.24) is 20.0 Å². The molecule has 1 aromatic carbocycles. The Morgan fingerprint density at radius 2 is 1.44 bits per heavy atom. The van der Waals surface area contributed by atoms with Gasteiger partial charge in [-0.25, -0.2) is 0 Å². The predicted octanol–water partition coefficient (Wildman–Crippen LogP) is 1.19. The second kappa shape index (κ2) is 7.92. The van der Waals surface area contributed by atoms with Gasteiger partial charge >= 0.3 is 0 Å². The minimum absolute atomic E-state index is 0.0276. The summed E-state index contributed by atoms with van der Waals surface area (Å²) in [5, 5.41) is 8.52. The minimum Gasteiger partial charge on any atom is -0.368 e. The van der Waals surface area contributed by atoms with Gasteiger partial charge in [0.25, 0.3) is 5.91 Å². The summed E-state index contributed by atoms with van der Waals surface area (Å²) < 4.78 is 0. The summed E-state index contributed by atoms with van der Waals surface area (Å²) in [5.41, 5.74) is 1.64. The first-order valence-corrected chi connectivity index (χ1v) is 9.57. The molecular formula is C20H26N6O. The fourth-order valence-electron chi connectivity index (χ4n) is 3.61. The zero-order valence-corrected chi connectivity index (χ0v) is 15.8. The molecule has 1 aromatic heterocycles. The molecule has 142 valence electrons. The number of anilines is 2. The average molecular weight is 366 g/mol. The van der Waals surface area contributed by atoms with Crippen LogP contribution >= 0.6 is 0 Å². The summed E-state index contributed by atoms with van der Waals surface area (Å²) in [5.74, 6) is 0.827. The Hall–Kier alpha value is -2.67. The van der Waals surface area contributed by atoms with Crippen LogP contribution in [0.4, 0.5) is 11.5 Å². The third-order valence-corrected chi connectivity index (χ3v) is 5.39. The van der Waals surface area contributed by atoms with Crippen LogP contribution in [0.1, 0.15) is 10.5 Å². The summed E-state index contributed by atoms with van der Waals surface area (Å²) >= 11 is 0. The van der Waals surface area contributed by atoms with E-state index in [0.717, 1.165) is 45.1 Å². The molecule has 0 unspecified atom stereocenters. The Balaban J connectivity index is 1.35. The normalized spacial score (nSPS) is 18.6. The van der Waals surface area contributed by atoms with Crippen molar-refractivity contribution in [3.8, 4) is 0 Å². The molecule has 0 atom stereocenters. The molecule has 0 saturated carbocycles. The molecule has 1 amide bonds. The van der Waals surface area contributed by atoms with Crippen LogP contribution in [-0.4, -0.2) is 85.3 Å². The first-order valence-electron chi connectivity index (χ1n) is 9.57. The molecule has 7 nitrogen and oxygen atoms in total. The van der Waals surface area contributed by atoms with E-state index in [2.05, 4.69) is 44.1 Å². The smallest absolute Gasteiger partial charge is 0.274 e. The standard InChI is InChI=1S/C20H26N6O/c1-23-9-11-25(12-10-23)19-8-7-18(21-22-19)20(27)26-15-13-24(14-16-26)17-5-3-2-4-6-17/h2-8H,9-16H2,1H3. The number of nitrogens with zero attached hydrogens (tertiary/aromatic N) is 6. The third kappa shape index (κ3) is 4.03. The van der Waals surface area contributed by atoms with Crippen molar-refractivity contribution in [3.63, 3.8) is 0 Å². The van der Waals surface area contributed by atoms with E-state index in [9.17, 15) is 4.79 Å². The first kappa shape index (κ1) is 17.7. The lowest BCUT2D eigenvalue weighted by atomic mass is 10.2. The molecule has 2 aromatic rings. The van der Waals surface area contributed by atoms with Gasteiger partial charge in [-0.15, -0.1) is 10.2 Å². The van der Waals surface area contributed by atoms with Crippen LogP contribution in [0.25, 0.3) is 0 Å². The quantitative estimate of drug-likeness (QED) is 0.813. The van der Waals surface area contributed by atoms with E-state index in [0.29, 0.717) is 18.8 Å². The SMILES string of the molecule is CN1CCN(c2ccc(C(=O)N3CCN(c4ccccc4)CC3)nn2)CC1. The van der Waals surface area contributed by atoms with Gasteiger partial charge in [-0.2, -0.15) is 0 Å². The molecule has 27 heavy (non-hydrogen) atoms. The van der Waals surface area contributed by atoms with Crippen molar-refractivity contribution in [2.75, 3.05) is 69.2 Å². The maximum absolute atomic E-state index is 12.8. The largest absolute Gasteiger partial charge is 0.368 e. The number of hydrogen-bond donors (Lipinski definition) is 0. The Labute approximate surface area is 160 Å².